The summed E-state index contributed by atoms with van der Waals surface area (Å²) in [5, 5.41) is 17.4. The Bertz CT molecular complexity index is 708. The minimum Gasteiger partial charge on any atom is -0.508 e. The van der Waals surface area contributed by atoms with Crippen molar-refractivity contribution >= 4 is 5.69 Å². The number of phenols is 1. The number of hydrogen-bond acceptors (Lipinski definition) is 3. The zero-order valence-electron chi connectivity index (χ0n) is 11.6. The molecule has 0 fully saturated rings. The van der Waals surface area contributed by atoms with E-state index in [1.165, 1.54) is 0 Å². The van der Waals surface area contributed by atoms with Gasteiger partial charge < -0.3 is 10.4 Å². The number of phenolic OH excluding ortho intramolecular Hbond substituents is 1. The first-order chi connectivity index (χ1) is 10.3. The van der Waals surface area contributed by atoms with E-state index in [-0.39, 0.29) is 0 Å². The van der Waals surface area contributed by atoms with Crippen molar-refractivity contribution in [1.82, 2.24) is 9.78 Å². The molecule has 21 heavy (non-hydrogen) atoms. The molecule has 0 radical (unpaired) electrons. The molecule has 0 saturated heterocycles. The lowest BCUT2D eigenvalue weighted by molar-refractivity contribution is 0.469. The normalized spacial score (nSPS) is 10.5. The smallest absolute Gasteiger partial charge is 0.120 e. The molecule has 106 valence electrons. The van der Waals surface area contributed by atoms with E-state index in [0.29, 0.717) is 12.3 Å². The fraction of sp³-hybridized carbons (Fsp3) is 0.118. The maximum Gasteiger partial charge on any atom is 0.120 e. The van der Waals surface area contributed by atoms with Crippen LogP contribution in [0.3, 0.4) is 0 Å². The Kier molecular flexibility index (Phi) is 3.87. The Morgan fingerprint density at radius 3 is 2.48 bits per heavy atom. The van der Waals surface area contributed by atoms with Gasteiger partial charge in [-0.25, -0.2) is 0 Å². The number of aromatic nitrogens is 2. The zero-order valence-corrected chi connectivity index (χ0v) is 11.6. The number of hydrogen-bond donors (Lipinski definition) is 2. The Labute approximate surface area is 123 Å². The van der Waals surface area contributed by atoms with Gasteiger partial charge in [-0.3, -0.25) is 4.68 Å². The van der Waals surface area contributed by atoms with Crippen LogP contribution in [0.15, 0.2) is 67.0 Å². The fourth-order valence-electron chi connectivity index (χ4n) is 2.25. The summed E-state index contributed by atoms with van der Waals surface area (Å²) in [6.07, 6.45) is 3.72. The van der Waals surface area contributed by atoms with Crippen LogP contribution in [0, 0.1) is 0 Å². The maximum atomic E-state index is 9.81. The molecule has 2 aromatic carbocycles. The number of anilines is 1. The third-order valence-electron chi connectivity index (χ3n) is 3.37. The first-order valence-electron chi connectivity index (χ1n) is 6.89. The van der Waals surface area contributed by atoms with E-state index in [9.17, 15) is 5.11 Å². The van der Waals surface area contributed by atoms with Crippen LogP contribution in [0.4, 0.5) is 5.69 Å². The molecule has 0 atom stereocenters. The molecule has 3 rings (SSSR count). The summed E-state index contributed by atoms with van der Waals surface area (Å²) in [5.41, 5.74) is 3.10. The number of nitrogens with one attached hydrogen (secondary N) is 1. The van der Waals surface area contributed by atoms with Gasteiger partial charge in [0.15, 0.2) is 0 Å². The molecule has 1 aromatic heterocycles. The number of aromatic hydroxyl groups is 1. The minimum absolute atomic E-state index is 0.314. The van der Waals surface area contributed by atoms with E-state index in [1.807, 2.05) is 53.3 Å². The van der Waals surface area contributed by atoms with Crippen molar-refractivity contribution in [3.05, 3.63) is 78.1 Å². The van der Waals surface area contributed by atoms with Crippen LogP contribution in [0.1, 0.15) is 11.1 Å². The van der Waals surface area contributed by atoms with E-state index in [0.717, 1.165) is 23.4 Å². The van der Waals surface area contributed by atoms with Crippen molar-refractivity contribution in [1.29, 1.82) is 0 Å². The maximum absolute atomic E-state index is 9.81. The molecule has 4 nitrogen and oxygen atoms in total. The van der Waals surface area contributed by atoms with Crippen molar-refractivity contribution in [2.45, 2.75) is 13.1 Å². The monoisotopic (exact) mass is 279 g/mol. The molecule has 0 bridgehead atoms. The van der Waals surface area contributed by atoms with Gasteiger partial charge in [0.05, 0.1) is 6.54 Å². The van der Waals surface area contributed by atoms with Crippen LogP contribution in [0.25, 0.3) is 0 Å². The average Bonchev–Trinajstić information content (AvgIpc) is 3.01. The van der Waals surface area contributed by atoms with Crippen LogP contribution in [0.2, 0.25) is 0 Å². The summed E-state index contributed by atoms with van der Waals surface area (Å²) in [6, 6.07) is 17.4. The second-order valence-electron chi connectivity index (χ2n) is 4.84. The summed E-state index contributed by atoms with van der Waals surface area (Å²) in [6.45, 7) is 1.31. The molecular weight excluding hydrogens is 262 g/mol. The van der Waals surface area contributed by atoms with Gasteiger partial charge in [0.1, 0.15) is 5.75 Å². The van der Waals surface area contributed by atoms with E-state index in [4.69, 9.17) is 0 Å². The second-order valence-corrected chi connectivity index (χ2v) is 4.84. The van der Waals surface area contributed by atoms with E-state index in [1.54, 1.807) is 12.3 Å². The molecule has 3 aromatic rings. The molecule has 0 aliphatic heterocycles. The van der Waals surface area contributed by atoms with Gasteiger partial charge in [-0.1, -0.05) is 36.4 Å². The van der Waals surface area contributed by atoms with Gasteiger partial charge in [0.25, 0.3) is 0 Å². The standard InChI is InChI=1S/C17H17N3O/c21-17-9-4-2-6-14(17)12-18-16-8-3-1-7-15(16)13-20-11-5-10-19-20/h1-11,18,21H,12-13H2. The molecule has 0 amide bonds. The largest absolute Gasteiger partial charge is 0.508 e. The summed E-state index contributed by atoms with van der Waals surface area (Å²) in [7, 11) is 0. The number of rotatable bonds is 5. The molecule has 0 saturated carbocycles. The lowest BCUT2D eigenvalue weighted by Gasteiger charge is -2.13. The second kappa shape index (κ2) is 6.13. The number of para-hydroxylation sites is 2. The summed E-state index contributed by atoms with van der Waals surface area (Å²) in [4.78, 5) is 0. The van der Waals surface area contributed by atoms with Crippen molar-refractivity contribution in [3.63, 3.8) is 0 Å². The van der Waals surface area contributed by atoms with E-state index in [2.05, 4.69) is 16.5 Å². The number of benzene rings is 2. The zero-order chi connectivity index (χ0) is 14.5. The average molecular weight is 279 g/mol. The first kappa shape index (κ1) is 13.2. The lowest BCUT2D eigenvalue weighted by Crippen LogP contribution is -2.06. The number of nitrogens with zero attached hydrogens (tertiary/aromatic N) is 2. The van der Waals surface area contributed by atoms with Crippen LogP contribution in [0.5, 0.6) is 5.75 Å². The van der Waals surface area contributed by atoms with Crippen LogP contribution >= 0.6 is 0 Å². The predicted molar refractivity (Wildman–Crippen MR) is 83.2 cm³/mol. The Hall–Kier alpha value is -2.75. The predicted octanol–water partition coefficient (Wildman–Crippen LogP) is 3.25. The molecule has 0 aliphatic carbocycles. The van der Waals surface area contributed by atoms with Crippen molar-refractivity contribution < 1.29 is 5.11 Å². The molecule has 4 heteroatoms. The van der Waals surface area contributed by atoms with Gasteiger partial charge in [-0.2, -0.15) is 5.10 Å². The highest BCUT2D eigenvalue weighted by atomic mass is 16.3. The Balaban J connectivity index is 1.75. The van der Waals surface area contributed by atoms with Gasteiger partial charge in [-0.15, -0.1) is 0 Å². The third-order valence-corrected chi connectivity index (χ3v) is 3.37. The van der Waals surface area contributed by atoms with Gasteiger partial charge in [0.2, 0.25) is 0 Å². The molecule has 2 N–H and O–H groups in total. The van der Waals surface area contributed by atoms with Crippen molar-refractivity contribution in [2.75, 3.05) is 5.32 Å². The topological polar surface area (TPSA) is 50.1 Å². The molecule has 0 spiro atoms. The van der Waals surface area contributed by atoms with Gasteiger partial charge in [0, 0.05) is 30.2 Å². The highest BCUT2D eigenvalue weighted by molar-refractivity contribution is 5.52. The molecule has 0 aliphatic rings. The summed E-state index contributed by atoms with van der Waals surface area (Å²) >= 11 is 0. The molecule has 1 heterocycles. The van der Waals surface area contributed by atoms with E-state index >= 15 is 0 Å². The van der Waals surface area contributed by atoms with E-state index < -0.39 is 0 Å². The molecular formula is C17H17N3O. The summed E-state index contributed by atoms with van der Waals surface area (Å²) < 4.78 is 1.89. The Morgan fingerprint density at radius 2 is 1.71 bits per heavy atom. The van der Waals surface area contributed by atoms with Crippen molar-refractivity contribution in [3.8, 4) is 5.75 Å². The SMILES string of the molecule is Oc1ccccc1CNc1ccccc1Cn1cccn1. The highest BCUT2D eigenvalue weighted by Crippen LogP contribution is 2.20. The van der Waals surface area contributed by atoms with Crippen LogP contribution < -0.4 is 5.32 Å². The Morgan fingerprint density at radius 1 is 0.952 bits per heavy atom. The first-order valence-corrected chi connectivity index (χ1v) is 6.89. The van der Waals surface area contributed by atoms with Crippen molar-refractivity contribution in [2.24, 2.45) is 0 Å². The summed E-state index contributed by atoms with van der Waals surface area (Å²) in [5.74, 6) is 0.314. The van der Waals surface area contributed by atoms with Gasteiger partial charge in [-0.05, 0) is 23.8 Å². The minimum atomic E-state index is 0.314. The third kappa shape index (κ3) is 3.23. The lowest BCUT2D eigenvalue weighted by atomic mass is 10.1. The van der Waals surface area contributed by atoms with Crippen LogP contribution in [-0.4, -0.2) is 14.9 Å². The van der Waals surface area contributed by atoms with Gasteiger partial charge >= 0.3 is 0 Å². The van der Waals surface area contributed by atoms with Crippen LogP contribution in [-0.2, 0) is 13.1 Å². The fourth-order valence-corrected chi connectivity index (χ4v) is 2.25. The molecule has 0 unspecified atom stereocenters. The highest BCUT2D eigenvalue weighted by Gasteiger charge is 2.04. The quantitative estimate of drug-likeness (QED) is 0.753.